The summed E-state index contributed by atoms with van der Waals surface area (Å²) in [7, 11) is 0. The van der Waals surface area contributed by atoms with Crippen molar-refractivity contribution in [1.29, 1.82) is 0 Å². The molecule has 3 rings (SSSR count). The Balaban J connectivity index is 2.04. The summed E-state index contributed by atoms with van der Waals surface area (Å²) < 4.78 is 48.2. The number of nitrogens with one attached hydrogen (secondary N) is 1. The molecule has 0 unspecified atom stereocenters. The van der Waals surface area contributed by atoms with E-state index in [4.69, 9.17) is 4.42 Å². The molecule has 1 fully saturated rings. The van der Waals surface area contributed by atoms with Gasteiger partial charge in [0.1, 0.15) is 5.76 Å². The van der Waals surface area contributed by atoms with E-state index >= 15 is 0 Å². The molecule has 0 radical (unpaired) electrons. The molecule has 0 spiro atoms. The molecule has 1 aliphatic carbocycles. The van der Waals surface area contributed by atoms with Crippen LogP contribution in [-0.2, 0) is 20.9 Å². The van der Waals surface area contributed by atoms with Gasteiger partial charge in [-0.05, 0) is 38.8 Å². The minimum atomic E-state index is -5.19. The number of Topliss-reactive ketones (excluding diaryl/α,β-unsaturated/α-hetero) is 1. The largest absolute Gasteiger partial charge is 0.467 e. The van der Waals surface area contributed by atoms with Crippen molar-refractivity contribution in [1.82, 2.24) is 10.2 Å². The second-order valence-electron chi connectivity index (χ2n) is 7.56. The Morgan fingerprint density at radius 3 is 2.45 bits per heavy atom. The zero-order valence-corrected chi connectivity index (χ0v) is 16.3. The summed E-state index contributed by atoms with van der Waals surface area (Å²) in [6, 6.07) is 3.06. The summed E-state index contributed by atoms with van der Waals surface area (Å²) in [6.07, 6.45) is -0.530. The average Bonchev–Trinajstić information content (AvgIpc) is 3.23. The van der Waals surface area contributed by atoms with Crippen LogP contribution in [0.1, 0.15) is 51.7 Å². The van der Waals surface area contributed by atoms with Crippen LogP contribution in [-0.4, -0.2) is 34.2 Å². The third-order valence-electron chi connectivity index (χ3n) is 5.67. The Bertz CT molecular complexity index is 838. The average molecular weight is 412 g/mol. The predicted octanol–water partition coefficient (Wildman–Crippen LogP) is 3.48. The zero-order chi connectivity index (χ0) is 21.4. The van der Waals surface area contributed by atoms with Crippen LogP contribution in [0.15, 0.2) is 34.1 Å². The van der Waals surface area contributed by atoms with Crippen molar-refractivity contribution in [2.75, 3.05) is 0 Å². The number of allylic oxidation sites excluding steroid dienone is 1. The summed E-state index contributed by atoms with van der Waals surface area (Å²) in [4.78, 5) is 38.9. The highest BCUT2D eigenvalue weighted by atomic mass is 19.4. The van der Waals surface area contributed by atoms with E-state index in [9.17, 15) is 27.6 Å². The maximum atomic E-state index is 14.4. The van der Waals surface area contributed by atoms with E-state index < -0.39 is 40.8 Å². The van der Waals surface area contributed by atoms with Crippen molar-refractivity contribution >= 4 is 17.6 Å². The number of alkyl halides is 3. The van der Waals surface area contributed by atoms with E-state index in [1.807, 2.05) is 5.32 Å². The van der Waals surface area contributed by atoms with Crippen molar-refractivity contribution in [3.63, 3.8) is 0 Å². The van der Waals surface area contributed by atoms with Gasteiger partial charge >= 0.3 is 6.18 Å². The van der Waals surface area contributed by atoms with Crippen molar-refractivity contribution < 1.29 is 32.0 Å². The molecule has 1 atom stereocenters. The molecule has 29 heavy (non-hydrogen) atoms. The molecule has 0 saturated heterocycles. The first-order valence-electron chi connectivity index (χ1n) is 9.55. The van der Waals surface area contributed by atoms with Crippen LogP contribution in [0, 0.1) is 5.92 Å². The standard InChI is InChI=1S/C20H23F3N2O4/c1-12-16(13(2)26)19(20(21,22)23,24-17(27)14-7-4-3-5-8-14)18(28)25(12)11-15-9-6-10-29-15/h6,9-10,14H,3-5,7-8,11H2,1-2H3,(H,24,27)/t19-/m0/s1. The topological polar surface area (TPSA) is 79.6 Å². The van der Waals surface area contributed by atoms with E-state index in [-0.39, 0.29) is 18.0 Å². The van der Waals surface area contributed by atoms with Gasteiger partial charge in [0.25, 0.3) is 5.91 Å². The second-order valence-corrected chi connectivity index (χ2v) is 7.56. The Morgan fingerprint density at radius 2 is 1.93 bits per heavy atom. The Hall–Kier alpha value is -2.58. The number of furan rings is 1. The number of rotatable bonds is 5. The van der Waals surface area contributed by atoms with Crippen LogP contribution < -0.4 is 5.32 Å². The minimum absolute atomic E-state index is 0.139. The lowest BCUT2D eigenvalue weighted by molar-refractivity contribution is -0.195. The fourth-order valence-electron chi connectivity index (χ4n) is 4.24. The van der Waals surface area contributed by atoms with Gasteiger partial charge in [-0.2, -0.15) is 13.2 Å². The lowest BCUT2D eigenvalue weighted by Gasteiger charge is -2.35. The molecule has 2 aliphatic rings. The molecule has 1 N–H and O–H groups in total. The number of carbonyl (C=O) groups is 3. The molecular weight excluding hydrogens is 389 g/mol. The molecule has 0 bridgehead atoms. The molecule has 158 valence electrons. The molecule has 1 aliphatic heterocycles. The summed E-state index contributed by atoms with van der Waals surface area (Å²) >= 11 is 0. The lowest BCUT2D eigenvalue weighted by atomic mass is 9.84. The maximum absolute atomic E-state index is 14.4. The monoisotopic (exact) mass is 412 g/mol. The van der Waals surface area contributed by atoms with Crippen LogP contribution in [0.3, 0.4) is 0 Å². The lowest BCUT2D eigenvalue weighted by Crippen LogP contribution is -2.66. The van der Waals surface area contributed by atoms with Gasteiger partial charge in [-0.25, -0.2) is 0 Å². The molecule has 2 amide bonds. The van der Waals surface area contributed by atoms with Gasteiger partial charge in [0.2, 0.25) is 11.4 Å². The number of carbonyl (C=O) groups excluding carboxylic acids is 3. The third kappa shape index (κ3) is 3.58. The fraction of sp³-hybridized carbons (Fsp3) is 0.550. The van der Waals surface area contributed by atoms with Crippen molar-refractivity contribution in [2.24, 2.45) is 5.92 Å². The summed E-state index contributed by atoms with van der Waals surface area (Å²) in [5.41, 5.74) is -4.27. The molecule has 2 heterocycles. The van der Waals surface area contributed by atoms with E-state index in [0.717, 1.165) is 31.1 Å². The van der Waals surface area contributed by atoms with Gasteiger partial charge < -0.3 is 14.6 Å². The SMILES string of the molecule is CC(=O)C1=C(C)N(Cc2ccco2)C(=O)[C@]1(NC(=O)C1CCCCC1)C(F)(F)F. The number of nitrogens with zero attached hydrogens (tertiary/aromatic N) is 1. The number of halogens is 3. The van der Waals surface area contributed by atoms with Crippen molar-refractivity contribution in [2.45, 2.75) is 64.2 Å². The van der Waals surface area contributed by atoms with E-state index in [1.54, 1.807) is 6.07 Å². The quantitative estimate of drug-likeness (QED) is 0.803. The number of hydrogen-bond donors (Lipinski definition) is 1. The van der Waals surface area contributed by atoms with E-state index in [0.29, 0.717) is 12.8 Å². The van der Waals surface area contributed by atoms with Crippen LogP contribution >= 0.6 is 0 Å². The predicted molar refractivity (Wildman–Crippen MR) is 96.1 cm³/mol. The van der Waals surface area contributed by atoms with Crippen molar-refractivity contribution in [3.05, 3.63) is 35.4 Å². The van der Waals surface area contributed by atoms with Crippen LogP contribution in [0.25, 0.3) is 0 Å². The van der Waals surface area contributed by atoms with Gasteiger partial charge in [0.15, 0.2) is 5.78 Å². The number of ketones is 1. The molecule has 6 nitrogen and oxygen atoms in total. The molecule has 1 aromatic heterocycles. The van der Waals surface area contributed by atoms with Crippen LogP contribution in [0.5, 0.6) is 0 Å². The summed E-state index contributed by atoms with van der Waals surface area (Å²) in [6.45, 7) is 1.97. The third-order valence-corrected chi connectivity index (χ3v) is 5.67. The molecule has 0 aromatic carbocycles. The van der Waals surface area contributed by atoms with E-state index in [1.165, 1.54) is 19.3 Å². The van der Waals surface area contributed by atoms with Gasteiger partial charge in [-0.1, -0.05) is 19.3 Å². The zero-order valence-electron chi connectivity index (χ0n) is 16.3. The minimum Gasteiger partial charge on any atom is -0.467 e. The Kier molecular flexibility index (Phi) is 5.60. The van der Waals surface area contributed by atoms with Crippen LogP contribution in [0.2, 0.25) is 0 Å². The number of hydrogen-bond acceptors (Lipinski definition) is 4. The molecule has 1 aromatic rings. The smallest absolute Gasteiger partial charge is 0.425 e. The normalized spacial score (nSPS) is 23.6. The van der Waals surface area contributed by atoms with Crippen molar-refractivity contribution in [3.8, 4) is 0 Å². The first-order valence-corrected chi connectivity index (χ1v) is 9.55. The first-order chi connectivity index (χ1) is 13.6. The summed E-state index contributed by atoms with van der Waals surface area (Å²) in [5.74, 6) is -3.50. The van der Waals surface area contributed by atoms with Gasteiger partial charge in [-0.3, -0.25) is 14.4 Å². The molecule has 1 saturated carbocycles. The highest BCUT2D eigenvalue weighted by Gasteiger charge is 2.70. The van der Waals surface area contributed by atoms with Gasteiger partial charge in [0.05, 0.1) is 18.4 Å². The first kappa shape index (κ1) is 21.1. The Labute approximate surface area is 166 Å². The Morgan fingerprint density at radius 1 is 1.28 bits per heavy atom. The molecular formula is C20H23F3N2O4. The van der Waals surface area contributed by atoms with Crippen LogP contribution in [0.4, 0.5) is 13.2 Å². The highest BCUT2D eigenvalue weighted by molar-refractivity contribution is 6.12. The maximum Gasteiger partial charge on any atom is 0.425 e. The second kappa shape index (κ2) is 7.68. The highest BCUT2D eigenvalue weighted by Crippen LogP contribution is 2.45. The van der Waals surface area contributed by atoms with E-state index in [2.05, 4.69) is 0 Å². The van der Waals surface area contributed by atoms with Gasteiger partial charge in [-0.15, -0.1) is 0 Å². The summed E-state index contributed by atoms with van der Waals surface area (Å²) in [5, 5.41) is 1.96. The van der Waals surface area contributed by atoms with Gasteiger partial charge in [0, 0.05) is 11.6 Å². The fourth-order valence-corrected chi connectivity index (χ4v) is 4.24. The molecule has 9 heteroatoms. The number of amides is 2.